The minimum Gasteiger partial charge on any atom is -0.426 e. The van der Waals surface area contributed by atoms with Crippen molar-refractivity contribution in [1.29, 1.82) is 5.26 Å². The summed E-state index contributed by atoms with van der Waals surface area (Å²) in [5, 5.41) is 8.86. The molecular weight excluding hydrogens is 310 g/mol. The maximum atomic E-state index is 12.3. The van der Waals surface area contributed by atoms with Gasteiger partial charge in [0.05, 0.1) is 17.6 Å². The van der Waals surface area contributed by atoms with Gasteiger partial charge in [0.1, 0.15) is 5.75 Å². The van der Waals surface area contributed by atoms with Gasteiger partial charge in [-0.25, -0.2) is 0 Å². The quantitative estimate of drug-likeness (QED) is 0.560. The first-order chi connectivity index (χ1) is 12.2. The highest BCUT2D eigenvalue weighted by molar-refractivity contribution is 5.75. The molecule has 0 heterocycles. The average molecular weight is 333 g/mol. The van der Waals surface area contributed by atoms with Gasteiger partial charge in [-0.05, 0) is 67.0 Å². The normalized spacial score (nSPS) is 19.8. The second kappa shape index (κ2) is 7.98. The van der Waals surface area contributed by atoms with Crippen LogP contribution in [0.1, 0.15) is 44.6 Å². The van der Waals surface area contributed by atoms with Gasteiger partial charge in [-0.1, -0.05) is 37.6 Å². The molecule has 0 unspecified atom stereocenters. The molecule has 0 bridgehead atoms. The Morgan fingerprint density at radius 3 is 2.08 bits per heavy atom. The van der Waals surface area contributed by atoms with Crippen molar-refractivity contribution in [2.75, 3.05) is 0 Å². The Labute approximate surface area is 149 Å². The molecule has 128 valence electrons. The zero-order valence-electron chi connectivity index (χ0n) is 14.6. The third-order valence-corrected chi connectivity index (χ3v) is 5.18. The van der Waals surface area contributed by atoms with Crippen LogP contribution < -0.4 is 4.74 Å². The second-order valence-corrected chi connectivity index (χ2v) is 6.76. The summed E-state index contributed by atoms with van der Waals surface area (Å²) in [6.07, 6.45) is 5.36. The van der Waals surface area contributed by atoms with E-state index in [1.54, 1.807) is 12.1 Å². The highest BCUT2D eigenvalue weighted by atomic mass is 16.5. The molecule has 1 saturated carbocycles. The molecule has 2 aromatic carbocycles. The summed E-state index contributed by atoms with van der Waals surface area (Å²) in [6, 6.07) is 17.1. The van der Waals surface area contributed by atoms with Crippen molar-refractivity contribution in [1.82, 2.24) is 0 Å². The van der Waals surface area contributed by atoms with Crippen LogP contribution in [-0.4, -0.2) is 5.97 Å². The van der Waals surface area contributed by atoms with E-state index >= 15 is 0 Å². The SMILES string of the molecule is CCC1CCC(C(=O)Oc2ccc(-c3ccc(C#N)cc3)cc2)CC1. The monoisotopic (exact) mass is 333 g/mol. The van der Waals surface area contributed by atoms with Crippen molar-refractivity contribution in [3.63, 3.8) is 0 Å². The molecule has 3 nitrogen and oxygen atoms in total. The minimum atomic E-state index is -0.0966. The zero-order chi connectivity index (χ0) is 17.6. The van der Waals surface area contributed by atoms with Gasteiger partial charge in [0, 0.05) is 0 Å². The fraction of sp³-hybridized carbons (Fsp3) is 0.364. The second-order valence-electron chi connectivity index (χ2n) is 6.76. The van der Waals surface area contributed by atoms with Gasteiger partial charge in [0.25, 0.3) is 0 Å². The fourth-order valence-electron chi connectivity index (χ4n) is 3.46. The fourth-order valence-corrected chi connectivity index (χ4v) is 3.46. The number of benzene rings is 2. The van der Waals surface area contributed by atoms with Gasteiger partial charge >= 0.3 is 5.97 Å². The van der Waals surface area contributed by atoms with Crippen molar-refractivity contribution in [2.24, 2.45) is 11.8 Å². The lowest BCUT2D eigenvalue weighted by molar-refractivity contribution is -0.140. The molecule has 25 heavy (non-hydrogen) atoms. The van der Waals surface area contributed by atoms with E-state index in [1.807, 2.05) is 36.4 Å². The smallest absolute Gasteiger partial charge is 0.314 e. The standard InChI is InChI=1S/C22H23NO2/c1-2-16-3-9-20(10-4-16)22(24)25-21-13-11-19(12-14-21)18-7-5-17(15-23)6-8-18/h5-8,11-14,16,20H,2-4,9-10H2,1H3. The Balaban J connectivity index is 1.60. The molecule has 0 atom stereocenters. The van der Waals surface area contributed by atoms with Crippen LogP contribution in [0, 0.1) is 23.2 Å². The summed E-state index contributed by atoms with van der Waals surface area (Å²) in [5.74, 6) is 1.32. The van der Waals surface area contributed by atoms with Crippen LogP contribution in [0.15, 0.2) is 48.5 Å². The molecule has 3 heteroatoms. The topological polar surface area (TPSA) is 50.1 Å². The lowest BCUT2D eigenvalue weighted by Gasteiger charge is -2.26. The first-order valence-corrected chi connectivity index (χ1v) is 9.02. The van der Waals surface area contributed by atoms with Crippen molar-refractivity contribution < 1.29 is 9.53 Å². The molecule has 0 aliphatic heterocycles. The molecule has 1 aliphatic rings. The minimum absolute atomic E-state index is 0.0426. The van der Waals surface area contributed by atoms with Gasteiger partial charge in [0.15, 0.2) is 0 Å². The third kappa shape index (κ3) is 4.28. The van der Waals surface area contributed by atoms with Crippen molar-refractivity contribution in [2.45, 2.75) is 39.0 Å². The van der Waals surface area contributed by atoms with Gasteiger partial charge in [-0.3, -0.25) is 4.79 Å². The number of nitriles is 1. The van der Waals surface area contributed by atoms with E-state index in [4.69, 9.17) is 10.00 Å². The van der Waals surface area contributed by atoms with Crippen LogP contribution >= 0.6 is 0 Å². The number of carbonyl (C=O) groups excluding carboxylic acids is 1. The zero-order valence-corrected chi connectivity index (χ0v) is 14.6. The predicted octanol–water partition coefficient (Wildman–Crippen LogP) is 5.35. The summed E-state index contributed by atoms with van der Waals surface area (Å²) in [6.45, 7) is 2.22. The number of carbonyl (C=O) groups is 1. The summed E-state index contributed by atoms with van der Waals surface area (Å²) < 4.78 is 5.57. The van der Waals surface area contributed by atoms with Crippen LogP contribution in [-0.2, 0) is 4.79 Å². The number of rotatable bonds is 4. The van der Waals surface area contributed by atoms with Gasteiger partial charge in [0.2, 0.25) is 0 Å². The number of hydrogen-bond donors (Lipinski definition) is 0. The Hall–Kier alpha value is -2.60. The highest BCUT2D eigenvalue weighted by Crippen LogP contribution is 2.32. The Bertz CT molecular complexity index is 748. The van der Waals surface area contributed by atoms with Crippen LogP contribution in [0.5, 0.6) is 5.75 Å². The molecule has 1 aliphatic carbocycles. The van der Waals surface area contributed by atoms with E-state index in [-0.39, 0.29) is 11.9 Å². The summed E-state index contributed by atoms with van der Waals surface area (Å²) in [5.41, 5.74) is 2.72. The Morgan fingerprint density at radius 2 is 1.56 bits per heavy atom. The molecule has 2 aromatic rings. The average Bonchev–Trinajstić information content (AvgIpc) is 2.68. The molecule has 0 amide bonds. The van der Waals surface area contributed by atoms with E-state index in [2.05, 4.69) is 13.0 Å². The summed E-state index contributed by atoms with van der Waals surface area (Å²) >= 11 is 0. The number of ether oxygens (including phenoxy) is 1. The van der Waals surface area contributed by atoms with Crippen LogP contribution in [0.3, 0.4) is 0 Å². The maximum Gasteiger partial charge on any atom is 0.314 e. The molecule has 3 rings (SSSR count). The first-order valence-electron chi connectivity index (χ1n) is 9.02. The van der Waals surface area contributed by atoms with Gasteiger partial charge < -0.3 is 4.74 Å². The van der Waals surface area contributed by atoms with Gasteiger partial charge in [-0.2, -0.15) is 5.26 Å². The van der Waals surface area contributed by atoms with Crippen LogP contribution in [0.4, 0.5) is 0 Å². The van der Waals surface area contributed by atoms with Crippen molar-refractivity contribution >= 4 is 5.97 Å². The molecule has 0 aromatic heterocycles. The van der Waals surface area contributed by atoms with Crippen LogP contribution in [0.2, 0.25) is 0 Å². The molecule has 1 fully saturated rings. The number of nitrogens with zero attached hydrogens (tertiary/aromatic N) is 1. The summed E-state index contributed by atoms with van der Waals surface area (Å²) in [4.78, 5) is 12.3. The number of hydrogen-bond acceptors (Lipinski definition) is 3. The van der Waals surface area contributed by atoms with E-state index in [1.165, 1.54) is 6.42 Å². The number of esters is 1. The Kier molecular flexibility index (Phi) is 5.50. The van der Waals surface area contributed by atoms with Crippen LogP contribution in [0.25, 0.3) is 11.1 Å². The lowest BCUT2D eigenvalue weighted by atomic mass is 9.81. The van der Waals surface area contributed by atoms with E-state index < -0.39 is 0 Å². The third-order valence-electron chi connectivity index (χ3n) is 5.18. The first kappa shape index (κ1) is 17.2. The molecule has 0 spiro atoms. The van der Waals surface area contributed by atoms with E-state index in [9.17, 15) is 4.79 Å². The molecule has 0 radical (unpaired) electrons. The molecular formula is C22H23NO2. The Morgan fingerprint density at radius 1 is 1.00 bits per heavy atom. The van der Waals surface area contributed by atoms with E-state index in [0.29, 0.717) is 11.3 Å². The maximum absolute atomic E-state index is 12.3. The largest absolute Gasteiger partial charge is 0.426 e. The van der Waals surface area contributed by atoms with Gasteiger partial charge in [-0.15, -0.1) is 0 Å². The predicted molar refractivity (Wildman–Crippen MR) is 98.0 cm³/mol. The van der Waals surface area contributed by atoms with E-state index in [0.717, 1.165) is 42.7 Å². The highest BCUT2D eigenvalue weighted by Gasteiger charge is 2.26. The van der Waals surface area contributed by atoms with Crippen molar-refractivity contribution in [3.05, 3.63) is 54.1 Å². The van der Waals surface area contributed by atoms with Crippen molar-refractivity contribution in [3.8, 4) is 22.9 Å². The molecule has 0 N–H and O–H groups in total. The molecule has 0 saturated heterocycles. The lowest BCUT2D eigenvalue weighted by Crippen LogP contribution is -2.25. The summed E-state index contributed by atoms with van der Waals surface area (Å²) in [7, 11) is 0.